The van der Waals surface area contributed by atoms with E-state index in [4.69, 9.17) is 5.11 Å². The number of aromatic nitrogens is 2. The Hall–Kier alpha value is -1.32. The van der Waals surface area contributed by atoms with E-state index in [1.165, 1.54) is 0 Å². The maximum Gasteiger partial charge on any atom is 0.304 e. The lowest BCUT2D eigenvalue weighted by Gasteiger charge is -2.07. The molecule has 1 aromatic heterocycles. The van der Waals surface area contributed by atoms with Gasteiger partial charge in [-0.25, -0.2) is 0 Å². The number of hydrogen-bond donors (Lipinski definition) is 1. The van der Waals surface area contributed by atoms with Gasteiger partial charge in [0, 0.05) is 18.7 Å². The first kappa shape index (κ1) is 8.29. The summed E-state index contributed by atoms with van der Waals surface area (Å²) in [6, 6.07) is 1.91. The summed E-state index contributed by atoms with van der Waals surface area (Å²) < 4.78 is 1.72. The molecule has 0 bridgehead atoms. The quantitative estimate of drug-likeness (QED) is 0.752. The molecule has 70 valence electrons. The van der Waals surface area contributed by atoms with Gasteiger partial charge in [0.25, 0.3) is 0 Å². The van der Waals surface area contributed by atoms with Crippen LogP contribution in [0.3, 0.4) is 0 Å². The Morgan fingerprint density at radius 2 is 2.46 bits per heavy atom. The summed E-state index contributed by atoms with van der Waals surface area (Å²) in [7, 11) is 1.85. The second-order valence-corrected chi connectivity index (χ2v) is 3.73. The van der Waals surface area contributed by atoms with Crippen LogP contribution in [-0.2, 0) is 17.3 Å². The average Bonchev–Trinajstić information content (AvgIpc) is 2.65. The van der Waals surface area contributed by atoms with E-state index < -0.39 is 5.97 Å². The predicted octanol–water partition coefficient (Wildman–Crippen LogP) is 0.926. The molecule has 0 amide bonds. The molecule has 0 unspecified atom stereocenters. The van der Waals surface area contributed by atoms with Crippen molar-refractivity contribution in [2.75, 3.05) is 0 Å². The number of carbonyl (C=O) groups is 1. The van der Waals surface area contributed by atoms with E-state index in [-0.39, 0.29) is 11.8 Å². The van der Waals surface area contributed by atoms with Gasteiger partial charge in [-0.05, 0) is 18.9 Å². The first-order chi connectivity index (χ1) is 6.12. The standard InChI is InChI=1S/C9H12N2O2/c1-11-5-2-7(10-11)9(3-4-9)6-8(12)13/h2,5H,3-4,6H2,1H3,(H,12,13). The van der Waals surface area contributed by atoms with Gasteiger partial charge in [0.2, 0.25) is 0 Å². The van der Waals surface area contributed by atoms with E-state index >= 15 is 0 Å². The number of aliphatic carboxylic acids is 1. The molecule has 0 atom stereocenters. The molecular weight excluding hydrogens is 168 g/mol. The van der Waals surface area contributed by atoms with E-state index in [0.29, 0.717) is 0 Å². The van der Waals surface area contributed by atoms with Crippen molar-refractivity contribution in [3.05, 3.63) is 18.0 Å². The molecular formula is C9H12N2O2. The summed E-state index contributed by atoms with van der Waals surface area (Å²) in [4.78, 5) is 10.6. The molecule has 1 aromatic rings. The smallest absolute Gasteiger partial charge is 0.304 e. The normalized spacial score (nSPS) is 18.5. The van der Waals surface area contributed by atoms with Gasteiger partial charge in [-0.2, -0.15) is 5.10 Å². The van der Waals surface area contributed by atoms with Crippen molar-refractivity contribution < 1.29 is 9.90 Å². The van der Waals surface area contributed by atoms with Crippen LogP contribution in [0.5, 0.6) is 0 Å². The van der Waals surface area contributed by atoms with Crippen LogP contribution in [0, 0.1) is 0 Å². The van der Waals surface area contributed by atoms with E-state index in [1.54, 1.807) is 4.68 Å². The van der Waals surface area contributed by atoms with E-state index in [1.807, 2.05) is 19.3 Å². The number of carboxylic acid groups (broad SMARTS) is 1. The highest BCUT2D eigenvalue weighted by atomic mass is 16.4. The van der Waals surface area contributed by atoms with Gasteiger partial charge >= 0.3 is 5.97 Å². The van der Waals surface area contributed by atoms with Crippen LogP contribution in [0.1, 0.15) is 25.0 Å². The molecule has 0 radical (unpaired) electrons. The molecule has 1 N–H and O–H groups in total. The fourth-order valence-corrected chi connectivity index (χ4v) is 1.66. The maximum absolute atomic E-state index is 10.6. The molecule has 1 aliphatic rings. The van der Waals surface area contributed by atoms with Crippen LogP contribution in [0.25, 0.3) is 0 Å². The topological polar surface area (TPSA) is 55.1 Å². The van der Waals surface area contributed by atoms with Crippen molar-refractivity contribution in [1.82, 2.24) is 9.78 Å². The Morgan fingerprint density at radius 3 is 2.85 bits per heavy atom. The Bertz CT molecular complexity index is 339. The van der Waals surface area contributed by atoms with Crippen LogP contribution in [0.2, 0.25) is 0 Å². The molecule has 1 aliphatic carbocycles. The molecule has 1 saturated carbocycles. The molecule has 0 aliphatic heterocycles. The van der Waals surface area contributed by atoms with Gasteiger partial charge < -0.3 is 5.11 Å². The molecule has 0 aromatic carbocycles. The third kappa shape index (κ3) is 1.43. The second kappa shape index (κ2) is 2.58. The fourth-order valence-electron chi connectivity index (χ4n) is 1.66. The summed E-state index contributed by atoms with van der Waals surface area (Å²) in [6.45, 7) is 0. The fraction of sp³-hybridized carbons (Fsp3) is 0.556. The van der Waals surface area contributed by atoms with Gasteiger partial charge in [-0.3, -0.25) is 9.48 Å². The molecule has 4 nitrogen and oxygen atoms in total. The van der Waals surface area contributed by atoms with Gasteiger partial charge in [0.15, 0.2) is 0 Å². The minimum Gasteiger partial charge on any atom is -0.481 e. The van der Waals surface area contributed by atoms with Crippen molar-refractivity contribution in [3.8, 4) is 0 Å². The minimum absolute atomic E-state index is 0.146. The zero-order valence-corrected chi connectivity index (χ0v) is 7.53. The number of aryl methyl sites for hydroxylation is 1. The monoisotopic (exact) mass is 180 g/mol. The zero-order chi connectivity index (χ0) is 9.47. The largest absolute Gasteiger partial charge is 0.481 e. The van der Waals surface area contributed by atoms with Crippen molar-refractivity contribution in [3.63, 3.8) is 0 Å². The number of rotatable bonds is 3. The highest BCUT2D eigenvalue weighted by Gasteiger charge is 2.47. The van der Waals surface area contributed by atoms with Crippen molar-refractivity contribution in [2.45, 2.75) is 24.7 Å². The highest BCUT2D eigenvalue weighted by molar-refractivity contribution is 5.69. The molecule has 4 heteroatoms. The summed E-state index contributed by atoms with van der Waals surface area (Å²) in [5.74, 6) is -0.733. The molecule has 0 saturated heterocycles. The summed E-state index contributed by atoms with van der Waals surface area (Å²) >= 11 is 0. The van der Waals surface area contributed by atoms with E-state index in [9.17, 15) is 4.79 Å². The highest BCUT2D eigenvalue weighted by Crippen LogP contribution is 2.50. The Morgan fingerprint density at radius 1 is 1.77 bits per heavy atom. The van der Waals surface area contributed by atoms with E-state index in [0.717, 1.165) is 18.5 Å². The van der Waals surface area contributed by atoms with Crippen LogP contribution >= 0.6 is 0 Å². The summed E-state index contributed by atoms with van der Waals surface area (Å²) in [6.07, 6.45) is 3.98. The maximum atomic E-state index is 10.6. The molecule has 2 rings (SSSR count). The van der Waals surface area contributed by atoms with Crippen LogP contribution in [0.4, 0.5) is 0 Å². The third-order valence-electron chi connectivity index (χ3n) is 2.60. The Labute approximate surface area is 76.2 Å². The van der Waals surface area contributed by atoms with Crippen molar-refractivity contribution in [1.29, 1.82) is 0 Å². The van der Waals surface area contributed by atoms with Crippen molar-refractivity contribution in [2.24, 2.45) is 7.05 Å². The lowest BCUT2D eigenvalue weighted by atomic mass is 9.99. The molecule has 13 heavy (non-hydrogen) atoms. The van der Waals surface area contributed by atoms with Gasteiger partial charge in [-0.15, -0.1) is 0 Å². The number of carboxylic acids is 1. The summed E-state index contributed by atoms with van der Waals surface area (Å²) in [5.41, 5.74) is 0.782. The van der Waals surface area contributed by atoms with Gasteiger partial charge in [0.1, 0.15) is 0 Å². The van der Waals surface area contributed by atoms with Gasteiger partial charge in [0.05, 0.1) is 12.1 Å². The lowest BCUT2D eigenvalue weighted by Crippen LogP contribution is -2.13. The number of hydrogen-bond acceptors (Lipinski definition) is 2. The van der Waals surface area contributed by atoms with Crippen LogP contribution in [0.15, 0.2) is 12.3 Å². The zero-order valence-electron chi connectivity index (χ0n) is 7.53. The van der Waals surface area contributed by atoms with Crippen LogP contribution in [-0.4, -0.2) is 20.9 Å². The Balaban J connectivity index is 2.20. The first-order valence-electron chi connectivity index (χ1n) is 4.34. The molecule has 0 spiro atoms. The first-order valence-corrected chi connectivity index (χ1v) is 4.34. The molecule has 1 fully saturated rings. The second-order valence-electron chi connectivity index (χ2n) is 3.73. The van der Waals surface area contributed by atoms with Crippen LogP contribution < -0.4 is 0 Å². The predicted molar refractivity (Wildman–Crippen MR) is 46.4 cm³/mol. The number of nitrogens with zero attached hydrogens (tertiary/aromatic N) is 2. The summed E-state index contributed by atoms with van der Waals surface area (Å²) in [5, 5.41) is 13.0. The lowest BCUT2D eigenvalue weighted by molar-refractivity contribution is -0.137. The van der Waals surface area contributed by atoms with Crippen molar-refractivity contribution >= 4 is 5.97 Å². The molecule has 1 heterocycles. The average molecular weight is 180 g/mol. The van der Waals surface area contributed by atoms with Gasteiger partial charge in [-0.1, -0.05) is 0 Å². The Kier molecular flexibility index (Phi) is 1.65. The van der Waals surface area contributed by atoms with E-state index in [2.05, 4.69) is 5.10 Å². The third-order valence-corrected chi connectivity index (χ3v) is 2.60. The minimum atomic E-state index is -0.733. The SMILES string of the molecule is Cn1ccc(C2(CC(=O)O)CC2)n1.